The van der Waals surface area contributed by atoms with Crippen LogP contribution in [0.25, 0.3) is 11.0 Å². The van der Waals surface area contributed by atoms with Crippen LogP contribution in [0, 0.1) is 0 Å². The van der Waals surface area contributed by atoms with Crippen LogP contribution in [0.15, 0.2) is 34.9 Å². The maximum Gasteiger partial charge on any atom is 0.133 e. The quantitative estimate of drug-likeness (QED) is 0.697. The summed E-state index contributed by atoms with van der Waals surface area (Å²) in [6, 6.07) is 8.04. The molecule has 2 rings (SSSR count). The zero-order valence-electron chi connectivity index (χ0n) is 6.95. The minimum atomic E-state index is 0.0873. The highest BCUT2D eigenvalue weighted by molar-refractivity contribution is 5.77. The Bertz CT molecular complexity index is 389. The Morgan fingerprint density at radius 3 is 2.92 bits per heavy atom. The number of hydrogen-bond donors (Lipinski definition) is 1. The molecule has 2 nitrogen and oxygen atoms in total. The molecule has 62 valence electrons. The zero-order chi connectivity index (χ0) is 8.55. The lowest BCUT2D eigenvalue weighted by Crippen LogP contribution is -2.03. The molecule has 0 fully saturated rings. The summed E-state index contributed by atoms with van der Waals surface area (Å²) in [6.45, 7) is 1.97. The lowest BCUT2D eigenvalue weighted by atomic mass is 10.1. The van der Waals surface area contributed by atoms with Crippen LogP contribution in [0.5, 0.6) is 0 Å². The Kier molecular flexibility index (Phi) is 1.62. The molecule has 2 N–H and O–H groups in total. The van der Waals surface area contributed by atoms with Gasteiger partial charge >= 0.3 is 0 Å². The molecule has 0 saturated heterocycles. The normalized spacial score (nSPS) is 13.5. The van der Waals surface area contributed by atoms with E-state index in [1.54, 1.807) is 6.26 Å². The van der Waals surface area contributed by atoms with Crippen molar-refractivity contribution >= 4 is 11.0 Å². The zero-order valence-corrected chi connectivity index (χ0v) is 6.95. The molecule has 0 saturated carbocycles. The van der Waals surface area contributed by atoms with Gasteiger partial charge in [0.1, 0.15) is 5.58 Å². The van der Waals surface area contributed by atoms with Crippen molar-refractivity contribution in [2.24, 2.45) is 5.73 Å². The number of rotatable bonds is 1. The molecule has 0 amide bonds. The summed E-state index contributed by atoms with van der Waals surface area (Å²) in [5, 5.41) is 1.12. The maximum absolute atomic E-state index is 5.74. The van der Waals surface area contributed by atoms with Gasteiger partial charge in [-0.05, 0) is 30.7 Å². The first kappa shape index (κ1) is 7.37. The van der Waals surface area contributed by atoms with E-state index in [-0.39, 0.29) is 6.04 Å². The number of nitrogens with two attached hydrogens (primary N) is 1. The van der Waals surface area contributed by atoms with Crippen LogP contribution >= 0.6 is 0 Å². The van der Waals surface area contributed by atoms with E-state index in [1.807, 2.05) is 25.1 Å². The maximum atomic E-state index is 5.74. The summed E-state index contributed by atoms with van der Waals surface area (Å²) in [5.74, 6) is 0. The molecule has 2 aromatic rings. The summed E-state index contributed by atoms with van der Waals surface area (Å²) in [4.78, 5) is 0. The second-order valence-electron chi connectivity index (χ2n) is 3.01. The molecule has 0 unspecified atom stereocenters. The van der Waals surface area contributed by atoms with Gasteiger partial charge in [-0.1, -0.05) is 6.07 Å². The molecule has 1 aromatic carbocycles. The Morgan fingerprint density at radius 2 is 2.17 bits per heavy atom. The molecule has 0 radical (unpaired) electrons. The number of fused-ring (bicyclic) bond motifs is 1. The van der Waals surface area contributed by atoms with Crippen molar-refractivity contribution in [3.63, 3.8) is 0 Å². The minimum Gasteiger partial charge on any atom is -0.464 e. The lowest BCUT2D eigenvalue weighted by molar-refractivity contribution is 0.615. The largest absolute Gasteiger partial charge is 0.464 e. The van der Waals surface area contributed by atoms with Crippen molar-refractivity contribution in [1.82, 2.24) is 0 Å². The predicted molar refractivity (Wildman–Crippen MR) is 48.8 cm³/mol. The second kappa shape index (κ2) is 2.64. The van der Waals surface area contributed by atoms with E-state index in [0.29, 0.717) is 0 Å². The van der Waals surface area contributed by atoms with E-state index in [0.717, 1.165) is 16.5 Å². The summed E-state index contributed by atoms with van der Waals surface area (Å²) in [5.41, 5.74) is 7.80. The monoisotopic (exact) mass is 161 g/mol. The molecule has 0 bridgehead atoms. The third-order valence-electron chi connectivity index (χ3n) is 2.00. The standard InChI is InChI=1S/C10H11NO/c1-7(11)8-2-3-10-9(6-8)4-5-12-10/h2-7H,11H2,1H3/t7-/m1/s1. The van der Waals surface area contributed by atoms with E-state index in [4.69, 9.17) is 10.2 Å². The number of furan rings is 1. The molecule has 1 aromatic heterocycles. The van der Waals surface area contributed by atoms with Gasteiger partial charge in [0.15, 0.2) is 0 Å². The first-order chi connectivity index (χ1) is 5.77. The first-order valence-electron chi connectivity index (χ1n) is 4.00. The molecule has 2 heteroatoms. The van der Waals surface area contributed by atoms with Gasteiger partial charge in [0, 0.05) is 11.4 Å². The summed E-state index contributed by atoms with van der Waals surface area (Å²) in [7, 11) is 0. The fourth-order valence-electron chi connectivity index (χ4n) is 1.27. The lowest BCUT2D eigenvalue weighted by Gasteiger charge is -2.03. The average molecular weight is 161 g/mol. The van der Waals surface area contributed by atoms with Crippen LogP contribution in [-0.2, 0) is 0 Å². The van der Waals surface area contributed by atoms with Gasteiger partial charge in [-0.25, -0.2) is 0 Å². The van der Waals surface area contributed by atoms with Crippen molar-refractivity contribution < 1.29 is 4.42 Å². The smallest absolute Gasteiger partial charge is 0.133 e. The predicted octanol–water partition coefficient (Wildman–Crippen LogP) is 2.45. The SMILES string of the molecule is C[C@@H](N)c1ccc2occc2c1. The topological polar surface area (TPSA) is 39.2 Å². The van der Waals surface area contributed by atoms with Crippen LogP contribution in [0.1, 0.15) is 18.5 Å². The Hall–Kier alpha value is -1.28. The summed E-state index contributed by atoms with van der Waals surface area (Å²) < 4.78 is 5.21. The van der Waals surface area contributed by atoms with Gasteiger partial charge in [-0.3, -0.25) is 0 Å². The highest BCUT2D eigenvalue weighted by Crippen LogP contribution is 2.19. The number of hydrogen-bond acceptors (Lipinski definition) is 2. The molecule has 0 spiro atoms. The van der Waals surface area contributed by atoms with E-state index >= 15 is 0 Å². The minimum absolute atomic E-state index is 0.0873. The Balaban J connectivity index is 2.60. The van der Waals surface area contributed by atoms with Crippen LogP contribution < -0.4 is 5.73 Å². The van der Waals surface area contributed by atoms with Crippen molar-refractivity contribution in [3.05, 3.63) is 36.1 Å². The molecular formula is C10H11NO. The third-order valence-corrected chi connectivity index (χ3v) is 2.00. The average Bonchev–Trinajstić information content (AvgIpc) is 2.49. The Labute approximate surface area is 71.0 Å². The highest BCUT2D eigenvalue weighted by Gasteiger charge is 2.01. The fourth-order valence-corrected chi connectivity index (χ4v) is 1.27. The summed E-state index contributed by atoms with van der Waals surface area (Å²) >= 11 is 0. The molecule has 1 atom stereocenters. The molecular weight excluding hydrogens is 150 g/mol. The van der Waals surface area contributed by atoms with Crippen LogP contribution in [-0.4, -0.2) is 0 Å². The highest BCUT2D eigenvalue weighted by atomic mass is 16.3. The van der Waals surface area contributed by atoms with Crippen molar-refractivity contribution in [3.8, 4) is 0 Å². The van der Waals surface area contributed by atoms with Gasteiger partial charge < -0.3 is 10.2 Å². The molecule has 0 aliphatic heterocycles. The van der Waals surface area contributed by atoms with Gasteiger partial charge in [-0.2, -0.15) is 0 Å². The first-order valence-corrected chi connectivity index (χ1v) is 4.00. The van der Waals surface area contributed by atoms with E-state index in [9.17, 15) is 0 Å². The van der Waals surface area contributed by atoms with E-state index < -0.39 is 0 Å². The van der Waals surface area contributed by atoms with Gasteiger partial charge in [0.05, 0.1) is 6.26 Å². The van der Waals surface area contributed by atoms with Crippen molar-refractivity contribution in [2.45, 2.75) is 13.0 Å². The van der Waals surface area contributed by atoms with Crippen LogP contribution in [0.2, 0.25) is 0 Å². The molecule has 0 aliphatic rings. The number of benzene rings is 1. The van der Waals surface area contributed by atoms with E-state index in [2.05, 4.69) is 6.07 Å². The Morgan fingerprint density at radius 1 is 1.33 bits per heavy atom. The molecule has 1 heterocycles. The van der Waals surface area contributed by atoms with Gasteiger partial charge in [0.25, 0.3) is 0 Å². The summed E-state index contributed by atoms with van der Waals surface area (Å²) in [6.07, 6.45) is 1.69. The van der Waals surface area contributed by atoms with Crippen molar-refractivity contribution in [2.75, 3.05) is 0 Å². The van der Waals surface area contributed by atoms with E-state index in [1.165, 1.54) is 0 Å². The van der Waals surface area contributed by atoms with Crippen LogP contribution in [0.3, 0.4) is 0 Å². The third kappa shape index (κ3) is 1.10. The van der Waals surface area contributed by atoms with Gasteiger partial charge in [-0.15, -0.1) is 0 Å². The van der Waals surface area contributed by atoms with Gasteiger partial charge in [0.2, 0.25) is 0 Å². The van der Waals surface area contributed by atoms with Crippen molar-refractivity contribution in [1.29, 1.82) is 0 Å². The fraction of sp³-hybridized carbons (Fsp3) is 0.200. The molecule has 0 aliphatic carbocycles. The second-order valence-corrected chi connectivity index (χ2v) is 3.01. The molecule has 12 heavy (non-hydrogen) atoms. The van der Waals surface area contributed by atoms with Crippen LogP contribution in [0.4, 0.5) is 0 Å².